The van der Waals surface area contributed by atoms with Crippen molar-refractivity contribution in [3.05, 3.63) is 24.4 Å². The van der Waals surface area contributed by atoms with Crippen molar-refractivity contribution in [2.24, 2.45) is 5.92 Å². The first kappa shape index (κ1) is 9.27. The van der Waals surface area contributed by atoms with Gasteiger partial charge < -0.3 is 0 Å². The summed E-state index contributed by atoms with van der Waals surface area (Å²) < 4.78 is 1.91. The SMILES string of the molecule is BrC(Cc1nccn2cnnc12)C1CC1. The van der Waals surface area contributed by atoms with E-state index in [0.717, 1.165) is 23.7 Å². The van der Waals surface area contributed by atoms with Gasteiger partial charge in [-0.1, -0.05) is 15.9 Å². The molecule has 1 fully saturated rings. The molecule has 0 N–H and O–H groups in total. The van der Waals surface area contributed by atoms with E-state index in [9.17, 15) is 0 Å². The maximum absolute atomic E-state index is 4.38. The molecular formula is C10H11BrN4. The molecule has 0 bridgehead atoms. The average molecular weight is 267 g/mol. The summed E-state index contributed by atoms with van der Waals surface area (Å²) >= 11 is 3.72. The molecular weight excluding hydrogens is 256 g/mol. The molecule has 0 radical (unpaired) electrons. The van der Waals surface area contributed by atoms with Crippen LogP contribution in [-0.4, -0.2) is 24.4 Å². The highest BCUT2D eigenvalue weighted by Crippen LogP contribution is 2.38. The molecule has 1 unspecified atom stereocenters. The molecule has 2 heterocycles. The molecule has 5 heteroatoms. The zero-order chi connectivity index (χ0) is 10.3. The summed E-state index contributed by atoms with van der Waals surface area (Å²) in [5, 5.41) is 7.97. The van der Waals surface area contributed by atoms with E-state index in [0.29, 0.717) is 4.83 Å². The Morgan fingerprint density at radius 3 is 3.20 bits per heavy atom. The fourth-order valence-corrected chi connectivity index (χ4v) is 2.60. The van der Waals surface area contributed by atoms with Gasteiger partial charge in [-0.2, -0.15) is 0 Å². The molecule has 3 rings (SSSR count). The predicted molar refractivity (Wildman–Crippen MR) is 59.9 cm³/mol. The Morgan fingerprint density at radius 2 is 2.40 bits per heavy atom. The molecule has 2 aromatic heterocycles. The van der Waals surface area contributed by atoms with Crippen molar-refractivity contribution in [1.82, 2.24) is 19.6 Å². The Bertz CT molecular complexity index is 477. The minimum absolute atomic E-state index is 0.535. The largest absolute Gasteiger partial charge is 0.286 e. The van der Waals surface area contributed by atoms with E-state index in [1.54, 1.807) is 12.5 Å². The minimum Gasteiger partial charge on any atom is -0.286 e. The zero-order valence-corrected chi connectivity index (χ0v) is 9.76. The molecule has 0 spiro atoms. The normalized spacial score (nSPS) is 18.2. The number of rotatable bonds is 3. The van der Waals surface area contributed by atoms with E-state index in [1.807, 2.05) is 10.6 Å². The van der Waals surface area contributed by atoms with E-state index in [4.69, 9.17) is 0 Å². The summed E-state index contributed by atoms with van der Waals surface area (Å²) in [4.78, 5) is 4.91. The van der Waals surface area contributed by atoms with Crippen LogP contribution in [0.25, 0.3) is 5.65 Å². The lowest BCUT2D eigenvalue weighted by atomic mass is 10.2. The van der Waals surface area contributed by atoms with E-state index < -0.39 is 0 Å². The number of alkyl halides is 1. The third-order valence-corrected chi connectivity index (χ3v) is 3.88. The van der Waals surface area contributed by atoms with Gasteiger partial charge in [0.05, 0.1) is 5.69 Å². The van der Waals surface area contributed by atoms with Crippen LogP contribution in [0.15, 0.2) is 18.7 Å². The molecule has 0 amide bonds. The van der Waals surface area contributed by atoms with E-state index in [2.05, 4.69) is 31.1 Å². The van der Waals surface area contributed by atoms with Crippen molar-refractivity contribution >= 4 is 21.6 Å². The molecule has 1 saturated carbocycles. The fourth-order valence-electron chi connectivity index (χ4n) is 1.76. The average Bonchev–Trinajstić information content (AvgIpc) is 2.97. The first-order valence-electron chi connectivity index (χ1n) is 5.12. The van der Waals surface area contributed by atoms with Crippen molar-refractivity contribution in [3.63, 3.8) is 0 Å². The van der Waals surface area contributed by atoms with E-state index in [-0.39, 0.29) is 0 Å². The van der Waals surface area contributed by atoms with Crippen LogP contribution in [0.1, 0.15) is 18.5 Å². The van der Waals surface area contributed by atoms with Gasteiger partial charge in [0.2, 0.25) is 0 Å². The summed E-state index contributed by atoms with van der Waals surface area (Å²) in [6.07, 6.45) is 9.00. The number of aromatic nitrogens is 4. The first-order valence-corrected chi connectivity index (χ1v) is 6.03. The Balaban J connectivity index is 1.92. The number of hydrogen-bond acceptors (Lipinski definition) is 3. The van der Waals surface area contributed by atoms with Crippen molar-refractivity contribution in [2.75, 3.05) is 0 Å². The molecule has 1 aliphatic carbocycles. The van der Waals surface area contributed by atoms with Crippen molar-refractivity contribution < 1.29 is 0 Å². The number of hydrogen-bond donors (Lipinski definition) is 0. The maximum atomic E-state index is 4.38. The second-order valence-corrected chi connectivity index (χ2v) is 5.17. The van der Waals surface area contributed by atoms with Gasteiger partial charge in [0.25, 0.3) is 0 Å². The highest BCUT2D eigenvalue weighted by Gasteiger charge is 2.30. The lowest BCUT2D eigenvalue weighted by Crippen LogP contribution is -2.08. The summed E-state index contributed by atoms with van der Waals surface area (Å²) in [5.41, 5.74) is 1.91. The molecule has 15 heavy (non-hydrogen) atoms. The van der Waals surface area contributed by atoms with E-state index >= 15 is 0 Å². The second-order valence-electron chi connectivity index (χ2n) is 3.99. The number of fused-ring (bicyclic) bond motifs is 1. The molecule has 0 saturated heterocycles. The number of nitrogens with zero attached hydrogens (tertiary/aromatic N) is 4. The van der Waals surface area contributed by atoms with E-state index in [1.165, 1.54) is 12.8 Å². The van der Waals surface area contributed by atoms with Gasteiger partial charge in [-0.05, 0) is 18.8 Å². The van der Waals surface area contributed by atoms with Gasteiger partial charge >= 0.3 is 0 Å². The summed E-state index contributed by atoms with van der Waals surface area (Å²) in [5.74, 6) is 0.829. The lowest BCUT2D eigenvalue weighted by molar-refractivity contribution is 0.745. The predicted octanol–water partition coefficient (Wildman–Crippen LogP) is 1.84. The second kappa shape index (κ2) is 3.56. The standard InChI is InChI=1S/C10H11BrN4/c11-8(7-1-2-7)5-9-10-14-13-6-15(10)4-3-12-9/h3-4,6-8H,1-2,5H2. The van der Waals surface area contributed by atoms with Gasteiger partial charge in [-0.15, -0.1) is 10.2 Å². The molecule has 78 valence electrons. The summed E-state index contributed by atoms with van der Waals surface area (Å²) in [7, 11) is 0. The third kappa shape index (κ3) is 1.76. The monoisotopic (exact) mass is 266 g/mol. The highest BCUT2D eigenvalue weighted by atomic mass is 79.9. The molecule has 4 nitrogen and oxygen atoms in total. The third-order valence-electron chi connectivity index (χ3n) is 2.81. The molecule has 0 aromatic carbocycles. The van der Waals surface area contributed by atoms with Gasteiger partial charge in [0.15, 0.2) is 5.65 Å². The van der Waals surface area contributed by atoms with Gasteiger partial charge in [-0.25, -0.2) is 0 Å². The van der Waals surface area contributed by atoms with Gasteiger partial charge in [0, 0.05) is 23.6 Å². The van der Waals surface area contributed by atoms with Crippen LogP contribution in [0.2, 0.25) is 0 Å². The van der Waals surface area contributed by atoms with Crippen LogP contribution in [0.3, 0.4) is 0 Å². The summed E-state index contributed by atoms with van der Waals surface area (Å²) in [6, 6.07) is 0. The molecule has 2 aromatic rings. The summed E-state index contributed by atoms with van der Waals surface area (Å²) in [6.45, 7) is 0. The van der Waals surface area contributed by atoms with Crippen molar-refractivity contribution in [1.29, 1.82) is 0 Å². The van der Waals surface area contributed by atoms with Crippen LogP contribution in [0.4, 0.5) is 0 Å². The molecule has 1 aliphatic rings. The molecule has 1 atom stereocenters. The maximum Gasteiger partial charge on any atom is 0.182 e. The fraction of sp³-hybridized carbons (Fsp3) is 0.500. The van der Waals surface area contributed by atoms with Crippen LogP contribution < -0.4 is 0 Å². The Morgan fingerprint density at radius 1 is 1.53 bits per heavy atom. The van der Waals surface area contributed by atoms with Crippen LogP contribution >= 0.6 is 15.9 Å². The van der Waals surface area contributed by atoms with Gasteiger partial charge in [0.1, 0.15) is 6.33 Å². The topological polar surface area (TPSA) is 43.1 Å². The quantitative estimate of drug-likeness (QED) is 0.797. The van der Waals surface area contributed by atoms with Crippen LogP contribution in [0, 0.1) is 5.92 Å². The smallest absolute Gasteiger partial charge is 0.182 e. The van der Waals surface area contributed by atoms with Crippen molar-refractivity contribution in [3.8, 4) is 0 Å². The van der Waals surface area contributed by atoms with Gasteiger partial charge in [-0.3, -0.25) is 9.38 Å². The zero-order valence-electron chi connectivity index (χ0n) is 8.17. The van der Waals surface area contributed by atoms with Crippen LogP contribution in [-0.2, 0) is 6.42 Å². The Labute approximate surface area is 95.9 Å². The Kier molecular flexibility index (Phi) is 2.20. The van der Waals surface area contributed by atoms with Crippen molar-refractivity contribution in [2.45, 2.75) is 24.1 Å². The van der Waals surface area contributed by atoms with Crippen LogP contribution in [0.5, 0.6) is 0 Å². The lowest BCUT2D eigenvalue weighted by Gasteiger charge is -2.07. The number of halogens is 1. The first-order chi connectivity index (χ1) is 7.34. The Hall–Kier alpha value is -0.970. The highest BCUT2D eigenvalue weighted by molar-refractivity contribution is 9.09. The minimum atomic E-state index is 0.535. The molecule has 0 aliphatic heterocycles.